The Bertz CT molecular complexity index is 1080. The minimum atomic E-state index is 0.534. The largest absolute Gasteiger partial charge is 0.321 e. The molecule has 0 bridgehead atoms. The minimum absolute atomic E-state index is 0.534. The number of anilines is 2. The molecule has 0 radical (unpaired) electrons. The van der Waals surface area contributed by atoms with Crippen molar-refractivity contribution in [1.82, 2.24) is 34.3 Å². The van der Waals surface area contributed by atoms with Gasteiger partial charge in [0, 0.05) is 37.6 Å². The van der Waals surface area contributed by atoms with Crippen molar-refractivity contribution in [3.05, 3.63) is 48.8 Å². The van der Waals surface area contributed by atoms with E-state index in [0.29, 0.717) is 5.95 Å². The molecule has 4 aromatic heterocycles. The number of rotatable bonds is 5. The number of aryl methyl sites for hydroxylation is 1. The van der Waals surface area contributed by atoms with Gasteiger partial charge < -0.3 is 5.32 Å². The van der Waals surface area contributed by atoms with Gasteiger partial charge in [0.1, 0.15) is 5.82 Å². The quantitative estimate of drug-likeness (QED) is 0.598. The number of fused-ring (bicyclic) bond motifs is 1. The van der Waals surface area contributed by atoms with Crippen LogP contribution in [0.4, 0.5) is 11.6 Å². The zero-order chi connectivity index (χ0) is 17.5. The molecule has 0 aliphatic heterocycles. The molecule has 8 nitrogen and oxygen atoms in total. The van der Waals surface area contributed by atoms with E-state index in [1.165, 1.54) is 12.8 Å². The highest BCUT2D eigenvalue weighted by molar-refractivity contribution is 5.65. The van der Waals surface area contributed by atoms with Gasteiger partial charge in [0.15, 0.2) is 5.65 Å². The van der Waals surface area contributed by atoms with Crippen LogP contribution in [0.5, 0.6) is 0 Å². The number of nitrogens with one attached hydrogen (secondary N) is 1. The second-order valence-corrected chi connectivity index (χ2v) is 6.70. The average molecular weight is 346 g/mol. The maximum absolute atomic E-state index is 4.60. The lowest BCUT2D eigenvalue weighted by atomic mass is 10.2. The Kier molecular flexibility index (Phi) is 3.41. The Morgan fingerprint density at radius 2 is 2.15 bits per heavy atom. The summed E-state index contributed by atoms with van der Waals surface area (Å²) in [5.41, 5.74) is 3.51. The molecule has 5 rings (SSSR count). The van der Waals surface area contributed by atoms with Crippen LogP contribution in [0.1, 0.15) is 18.7 Å². The second-order valence-electron chi connectivity index (χ2n) is 6.70. The Morgan fingerprint density at radius 1 is 1.23 bits per heavy atom. The van der Waals surface area contributed by atoms with E-state index in [9.17, 15) is 0 Å². The molecule has 0 aromatic carbocycles. The first-order valence-corrected chi connectivity index (χ1v) is 8.67. The van der Waals surface area contributed by atoms with Crippen molar-refractivity contribution in [3.8, 4) is 11.3 Å². The molecule has 1 saturated carbocycles. The van der Waals surface area contributed by atoms with E-state index >= 15 is 0 Å². The van der Waals surface area contributed by atoms with E-state index in [4.69, 9.17) is 0 Å². The van der Waals surface area contributed by atoms with E-state index in [2.05, 4.69) is 35.0 Å². The molecular formula is C18H18N8. The van der Waals surface area contributed by atoms with Crippen molar-refractivity contribution in [2.45, 2.75) is 19.3 Å². The predicted octanol–water partition coefficient (Wildman–Crippen LogP) is 2.62. The summed E-state index contributed by atoms with van der Waals surface area (Å²) >= 11 is 0. The fraction of sp³-hybridized carbons (Fsp3) is 0.278. The molecule has 1 aliphatic carbocycles. The van der Waals surface area contributed by atoms with Crippen molar-refractivity contribution in [2.24, 2.45) is 13.0 Å². The molecule has 0 amide bonds. The smallest absolute Gasteiger partial charge is 0.227 e. The average Bonchev–Trinajstić information content (AvgIpc) is 3.25. The number of aromatic nitrogens is 7. The molecule has 4 heterocycles. The fourth-order valence-electron chi connectivity index (χ4n) is 3.01. The van der Waals surface area contributed by atoms with Crippen molar-refractivity contribution >= 4 is 17.3 Å². The van der Waals surface area contributed by atoms with Gasteiger partial charge in [-0.1, -0.05) is 0 Å². The SMILES string of the molecule is Cn1cc(Nc2nccc(-c3ccn4c(CC5CC5)nnc4c3)n2)cn1. The van der Waals surface area contributed by atoms with Crippen LogP contribution < -0.4 is 5.32 Å². The van der Waals surface area contributed by atoms with Crippen molar-refractivity contribution in [1.29, 1.82) is 0 Å². The Hall–Kier alpha value is -3.29. The first-order valence-electron chi connectivity index (χ1n) is 8.67. The van der Waals surface area contributed by atoms with Gasteiger partial charge in [0.25, 0.3) is 0 Å². The van der Waals surface area contributed by atoms with E-state index < -0.39 is 0 Å². The van der Waals surface area contributed by atoms with Crippen LogP contribution in [0.25, 0.3) is 16.9 Å². The summed E-state index contributed by atoms with van der Waals surface area (Å²) in [7, 11) is 1.87. The topological polar surface area (TPSA) is 85.8 Å². The van der Waals surface area contributed by atoms with Crippen LogP contribution in [-0.2, 0) is 13.5 Å². The minimum Gasteiger partial charge on any atom is -0.321 e. The highest BCUT2D eigenvalue weighted by Gasteiger charge is 2.24. The summed E-state index contributed by atoms with van der Waals surface area (Å²) in [4.78, 5) is 8.89. The maximum atomic E-state index is 4.60. The van der Waals surface area contributed by atoms with Crippen LogP contribution in [0, 0.1) is 5.92 Å². The number of hydrogen-bond acceptors (Lipinski definition) is 6. The molecule has 26 heavy (non-hydrogen) atoms. The highest BCUT2D eigenvalue weighted by atomic mass is 15.3. The van der Waals surface area contributed by atoms with Gasteiger partial charge in [0.2, 0.25) is 5.95 Å². The fourth-order valence-corrected chi connectivity index (χ4v) is 3.01. The molecule has 0 unspecified atom stereocenters. The molecule has 1 fully saturated rings. The lowest BCUT2D eigenvalue weighted by molar-refractivity contribution is 0.758. The Balaban J connectivity index is 1.44. The lowest BCUT2D eigenvalue weighted by Crippen LogP contribution is -1.98. The van der Waals surface area contributed by atoms with Crippen molar-refractivity contribution < 1.29 is 0 Å². The Morgan fingerprint density at radius 3 is 2.96 bits per heavy atom. The van der Waals surface area contributed by atoms with Gasteiger partial charge >= 0.3 is 0 Å². The number of pyridine rings is 1. The highest BCUT2D eigenvalue weighted by Crippen LogP contribution is 2.32. The summed E-state index contributed by atoms with van der Waals surface area (Å²) in [6.45, 7) is 0. The Labute approximate surface area is 149 Å². The van der Waals surface area contributed by atoms with Gasteiger partial charge in [-0.3, -0.25) is 9.08 Å². The predicted molar refractivity (Wildman–Crippen MR) is 96.9 cm³/mol. The number of hydrogen-bond donors (Lipinski definition) is 1. The molecule has 4 aromatic rings. The molecule has 0 spiro atoms. The zero-order valence-electron chi connectivity index (χ0n) is 14.4. The standard InChI is InChI=1S/C18H18N8/c1-25-11-14(10-20-25)21-18-19-6-4-15(22-18)13-5-7-26-16(8-12-2-3-12)23-24-17(26)9-13/h4-7,9-12H,2-3,8H2,1H3,(H,19,21,22). The summed E-state index contributed by atoms with van der Waals surface area (Å²) in [6.07, 6.45) is 11.0. The summed E-state index contributed by atoms with van der Waals surface area (Å²) in [6, 6.07) is 5.95. The van der Waals surface area contributed by atoms with E-state index in [-0.39, 0.29) is 0 Å². The molecular weight excluding hydrogens is 328 g/mol. The van der Waals surface area contributed by atoms with E-state index in [0.717, 1.165) is 40.8 Å². The van der Waals surface area contributed by atoms with Gasteiger partial charge in [-0.25, -0.2) is 9.97 Å². The van der Waals surface area contributed by atoms with Gasteiger partial charge in [0.05, 0.1) is 17.6 Å². The molecule has 1 aliphatic rings. The third-order valence-electron chi connectivity index (χ3n) is 4.56. The van der Waals surface area contributed by atoms with Crippen LogP contribution in [0.2, 0.25) is 0 Å². The monoisotopic (exact) mass is 346 g/mol. The third-order valence-corrected chi connectivity index (χ3v) is 4.56. The zero-order valence-corrected chi connectivity index (χ0v) is 14.4. The van der Waals surface area contributed by atoms with Crippen LogP contribution in [0.3, 0.4) is 0 Å². The normalized spacial score (nSPS) is 14.0. The number of nitrogens with zero attached hydrogens (tertiary/aromatic N) is 7. The summed E-state index contributed by atoms with van der Waals surface area (Å²) < 4.78 is 3.79. The van der Waals surface area contributed by atoms with Crippen LogP contribution in [0.15, 0.2) is 43.0 Å². The van der Waals surface area contributed by atoms with Gasteiger partial charge in [-0.15, -0.1) is 10.2 Å². The third kappa shape index (κ3) is 2.90. The molecule has 0 saturated heterocycles. The first kappa shape index (κ1) is 15.0. The second kappa shape index (κ2) is 5.91. The molecule has 130 valence electrons. The lowest BCUT2D eigenvalue weighted by Gasteiger charge is -2.06. The molecule has 8 heteroatoms. The van der Waals surface area contributed by atoms with Crippen molar-refractivity contribution in [3.63, 3.8) is 0 Å². The maximum Gasteiger partial charge on any atom is 0.227 e. The van der Waals surface area contributed by atoms with Crippen molar-refractivity contribution in [2.75, 3.05) is 5.32 Å². The molecule has 0 atom stereocenters. The van der Waals surface area contributed by atoms with Gasteiger partial charge in [-0.2, -0.15) is 5.10 Å². The first-order chi connectivity index (χ1) is 12.7. The van der Waals surface area contributed by atoms with Gasteiger partial charge in [-0.05, 0) is 37.0 Å². The van der Waals surface area contributed by atoms with E-state index in [1.54, 1.807) is 17.1 Å². The molecule has 1 N–H and O–H groups in total. The summed E-state index contributed by atoms with van der Waals surface area (Å²) in [5, 5.41) is 16.0. The van der Waals surface area contributed by atoms with Crippen LogP contribution >= 0.6 is 0 Å². The van der Waals surface area contributed by atoms with E-state index in [1.807, 2.05) is 37.6 Å². The summed E-state index contributed by atoms with van der Waals surface area (Å²) in [5.74, 6) is 2.35. The van der Waals surface area contributed by atoms with Crippen LogP contribution in [-0.4, -0.2) is 34.3 Å².